The van der Waals surface area contributed by atoms with E-state index in [1.165, 1.54) is 18.4 Å². The second kappa shape index (κ2) is 8.66. The molecule has 150 valence electrons. The fraction of sp³-hybridized carbons (Fsp3) is 0.318. The van der Waals surface area contributed by atoms with Crippen molar-refractivity contribution in [1.82, 2.24) is 20.8 Å². The highest BCUT2D eigenvalue weighted by Gasteiger charge is 2.43. The van der Waals surface area contributed by atoms with Crippen LogP contribution in [0.2, 0.25) is 5.02 Å². The molecule has 7 heteroatoms. The summed E-state index contributed by atoms with van der Waals surface area (Å²) in [7, 11) is 1.78. The summed E-state index contributed by atoms with van der Waals surface area (Å²) in [6.45, 7) is 1.53. The van der Waals surface area contributed by atoms with Crippen molar-refractivity contribution in [2.45, 2.75) is 24.7 Å². The van der Waals surface area contributed by atoms with Crippen LogP contribution in [-0.4, -0.2) is 36.2 Å². The highest BCUT2D eigenvalue weighted by atomic mass is 35.5. The van der Waals surface area contributed by atoms with Crippen LogP contribution < -0.4 is 10.6 Å². The molecular weight excluding hydrogens is 386 g/mol. The molecule has 0 bridgehead atoms. The summed E-state index contributed by atoms with van der Waals surface area (Å²) in [5.74, 6) is 1.93. The molecule has 0 spiro atoms. The maximum atomic E-state index is 5.92. The standard InChI is InChI=1S/C22H24ClN5O/c1-24-21(26-15-22(12-13-22)17-5-3-2-4-6-17)25-14-11-19-27-20(28-29-19)16-7-9-18(23)10-8-16/h2-10H,11-15H2,1H3,(H2,24,25,26). The van der Waals surface area contributed by atoms with Crippen LogP contribution in [0.15, 0.2) is 64.1 Å². The van der Waals surface area contributed by atoms with Gasteiger partial charge in [-0.15, -0.1) is 0 Å². The lowest BCUT2D eigenvalue weighted by molar-refractivity contribution is 0.378. The molecule has 2 aromatic carbocycles. The molecular formula is C22H24ClN5O. The molecule has 3 aromatic rings. The molecule has 1 saturated carbocycles. The maximum Gasteiger partial charge on any atom is 0.228 e. The van der Waals surface area contributed by atoms with E-state index in [4.69, 9.17) is 16.1 Å². The molecule has 6 nitrogen and oxygen atoms in total. The fourth-order valence-electron chi connectivity index (χ4n) is 3.34. The Hall–Kier alpha value is -2.86. The van der Waals surface area contributed by atoms with Crippen LogP contribution >= 0.6 is 11.6 Å². The topological polar surface area (TPSA) is 75.3 Å². The first kappa shape index (κ1) is 19.5. The molecule has 0 atom stereocenters. The van der Waals surface area contributed by atoms with Gasteiger partial charge in [0.05, 0.1) is 0 Å². The second-order valence-electron chi connectivity index (χ2n) is 7.27. The van der Waals surface area contributed by atoms with Gasteiger partial charge in [0.25, 0.3) is 0 Å². The van der Waals surface area contributed by atoms with Gasteiger partial charge in [-0.1, -0.05) is 47.1 Å². The molecule has 0 radical (unpaired) electrons. The number of aliphatic imine (C=N–C) groups is 1. The van der Waals surface area contributed by atoms with Crippen molar-refractivity contribution < 1.29 is 4.52 Å². The van der Waals surface area contributed by atoms with Crippen molar-refractivity contribution in [2.24, 2.45) is 4.99 Å². The number of hydrogen-bond acceptors (Lipinski definition) is 4. The van der Waals surface area contributed by atoms with Crippen molar-refractivity contribution in [3.05, 3.63) is 71.1 Å². The average molecular weight is 410 g/mol. The lowest BCUT2D eigenvalue weighted by Gasteiger charge is -2.18. The fourth-order valence-corrected chi connectivity index (χ4v) is 3.47. The SMILES string of the molecule is CN=C(NCCc1nc(-c2ccc(Cl)cc2)no1)NCC1(c2ccccc2)CC1. The summed E-state index contributed by atoms with van der Waals surface area (Å²) >= 11 is 5.92. The Kier molecular flexibility index (Phi) is 5.81. The van der Waals surface area contributed by atoms with E-state index in [9.17, 15) is 0 Å². The van der Waals surface area contributed by atoms with E-state index in [1.54, 1.807) is 7.05 Å². The monoisotopic (exact) mass is 409 g/mol. The molecule has 0 aliphatic heterocycles. The van der Waals surface area contributed by atoms with Crippen LogP contribution in [0.4, 0.5) is 0 Å². The van der Waals surface area contributed by atoms with Crippen LogP contribution in [0, 0.1) is 0 Å². The summed E-state index contributed by atoms with van der Waals surface area (Å²) in [5, 5.41) is 11.5. The summed E-state index contributed by atoms with van der Waals surface area (Å²) in [6.07, 6.45) is 3.03. The Labute approximate surface area is 175 Å². The minimum absolute atomic E-state index is 0.235. The van der Waals surface area contributed by atoms with Gasteiger partial charge in [-0.25, -0.2) is 0 Å². The number of rotatable bonds is 7. The Morgan fingerprint density at radius 3 is 2.55 bits per heavy atom. The third-order valence-electron chi connectivity index (χ3n) is 5.26. The van der Waals surface area contributed by atoms with Gasteiger partial charge in [0.2, 0.25) is 11.7 Å². The summed E-state index contributed by atoms with van der Waals surface area (Å²) in [4.78, 5) is 8.77. The van der Waals surface area contributed by atoms with Crippen LogP contribution in [0.25, 0.3) is 11.4 Å². The van der Waals surface area contributed by atoms with E-state index in [1.807, 2.05) is 24.3 Å². The largest absolute Gasteiger partial charge is 0.356 e. The average Bonchev–Trinajstić information content (AvgIpc) is 3.41. The van der Waals surface area contributed by atoms with Crippen LogP contribution in [-0.2, 0) is 11.8 Å². The predicted molar refractivity (Wildman–Crippen MR) is 115 cm³/mol. The third kappa shape index (κ3) is 4.77. The maximum absolute atomic E-state index is 5.92. The molecule has 29 heavy (non-hydrogen) atoms. The van der Waals surface area contributed by atoms with E-state index in [2.05, 4.69) is 56.1 Å². The number of aromatic nitrogens is 2. The molecule has 1 aliphatic carbocycles. The number of halogens is 1. The summed E-state index contributed by atoms with van der Waals surface area (Å²) in [6, 6.07) is 18.1. The Morgan fingerprint density at radius 1 is 1.10 bits per heavy atom. The van der Waals surface area contributed by atoms with E-state index in [0.29, 0.717) is 29.7 Å². The lowest BCUT2D eigenvalue weighted by atomic mass is 9.96. The highest BCUT2D eigenvalue weighted by Crippen LogP contribution is 2.47. The highest BCUT2D eigenvalue weighted by molar-refractivity contribution is 6.30. The quantitative estimate of drug-likeness (QED) is 0.458. The van der Waals surface area contributed by atoms with Crippen molar-refractivity contribution in [2.75, 3.05) is 20.1 Å². The molecule has 1 fully saturated rings. The number of benzene rings is 2. The minimum Gasteiger partial charge on any atom is -0.356 e. The Morgan fingerprint density at radius 2 is 1.86 bits per heavy atom. The normalized spacial score (nSPS) is 15.2. The summed E-state index contributed by atoms with van der Waals surface area (Å²) < 4.78 is 5.35. The van der Waals surface area contributed by atoms with Gasteiger partial charge in [0.1, 0.15) is 0 Å². The van der Waals surface area contributed by atoms with Crippen LogP contribution in [0.3, 0.4) is 0 Å². The predicted octanol–water partition coefficient (Wildman–Crippen LogP) is 3.83. The van der Waals surface area contributed by atoms with Gasteiger partial charge in [0, 0.05) is 42.6 Å². The molecule has 0 unspecified atom stereocenters. The van der Waals surface area contributed by atoms with Gasteiger partial charge in [-0.3, -0.25) is 4.99 Å². The van der Waals surface area contributed by atoms with Crippen molar-refractivity contribution in [3.8, 4) is 11.4 Å². The van der Waals surface area contributed by atoms with E-state index in [-0.39, 0.29) is 5.41 Å². The zero-order chi connectivity index (χ0) is 20.1. The first-order valence-corrected chi connectivity index (χ1v) is 10.1. The first-order valence-electron chi connectivity index (χ1n) is 9.77. The van der Waals surface area contributed by atoms with Gasteiger partial charge in [-0.2, -0.15) is 4.98 Å². The molecule has 1 aliphatic rings. The number of nitrogens with zero attached hydrogens (tertiary/aromatic N) is 3. The Balaban J connectivity index is 1.26. The van der Waals surface area contributed by atoms with Crippen LogP contribution in [0.1, 0.15) is 24.3 Å². The number of hydrogen-bond donors (Lipinski definition) is 2. The number of nitrogens with one attached hydrogen (secondary N) is 2. The van der Waals surface area contributed by atoms with Gasteiger partial charge in [-0.05, 0) is 42.7 Å². The zero-order valence-electron chi connectivity index (χ0n) is 16.4. The van der Waals surface area contributed by atoms with E-state index >= 15 is 0 Å². The minimum atomic E-state index is 0.235. The van der Waals surface area contributed by atoms with Crippen molar-refractivity contribution in [3.63, 3.8) is 0 Å². The van der Waals surface area contributed by atoms with Gasteiger partial charge < -0.3 is 15.2 Å². The van der Waals surface area contributed by atoms with E-state index < -0.39 is 0 Å². The van der Waals surface area contributed by atoms with Crippen LogP contribution in [0.5, 0.6) is 0 Å². The molecule has 0 amide bonds. The lowest BCUT2D eigenvalue weighted by Crippen LogP contribution is -2.42. The molecule has 1 aromatic heterocycles. The zero-order valence-corrected chi connectivity index (χ0v) is 17.1. The summed E-state index contributed by atoms with van der Waals surface area (Å²) in [5.41, 5.74) is 2.51. The van der Waals surface area contributed by atoms with Gasteiger partial charge in [0.15, 0.2) is 5.96 Å². The Bertz CT molecular complexity index is 964. The molecule has 2 N–H and O–H groups in total. The van der Waals surface area contributed by atoms with Crippen molar-refractivity contribution >= 4 is 17.6 Å². The number of guanidine groups is 1. The smallest absolute Gasteiger partial charge is 0.228 e. The first-order chi connectivity index (χ1) is 14.2. The van der Waals surface area contributed by atoms with Crippen molar-refractivity contribution in [1.29, 1.82) is 0 Å². The molecule has 0 saturated heterocycles. The third-order valence-corrected chi connectivity index (χ3v) is 5.51. The second-order valence-corrected chi connectivity index (χ2v) is 7.70. The molecule has 4 rings (SSSR count). The van der Waals surface area contributed by atoms with E-state index in [0.717, 1.165) is 18.1 Å². The molecule has 1 heterocycles. The van der Waals surface area contributed by atoms with Gasteiger partial charge >= 0.3 is 0 Å².